The van der Waals surface area contributed by atoms with Crippen LogP contribution in [0, 0.1) is 10.1 Å². The number of non-ortho nitro benzene ring substituents is 1. The van der Waals surface area contributed by atoms with Crippen molar-refractivity contribution in [1.82, 2.24) is 0 Å². The summed E-state index contributed by atoms with van der Waals surface area (Å²) < 4.78 is 28.7. The molecule has 0 saturated carbocycles. The number of alkyl halides is 3. The van der Waals surface area contributed by atoms with Crippen molar-refractivity contribution in [3.8, 4) is 17.2 Å². The molecule has 0 atom stereocenters. The lowest BCUT2D eigenvalue weighted by atomic mass is 9.91. The average Bonchev–Trinajstić information content (AvgIpc) is 2.70. The van der Waals surface area contributed by atoms with Crippen LogP contribution in [0.4, 0.5) is 5.69 Å². The van der Waals surface area contributed by atoms with E-state index in [0.29, 0.717) is 21.2 Å². The summed E-state index contributed by atoms with van der Waals surface area (Å²) in [7, 11) is -4.40. The summed E-state index contributed by atoms with van der Waals surface area (Å²) in [6, 6.07) is 13.8. The number of nitrogens with zero attached hydrogens (tertiary/aromatic N) is 1. The van der Waals surface area contributed by atoms with Crippen molar-refractivity contribution in [2.45, 2.75) is 9.71 Å². The first kappa shape index (κ1) is 24.3. The number of halogens is 5. The van der Waals surface area contributed by atoms with Gasteiger partial charge in [0.25, 0.3) is 5.69 Å². The maximum absolute atomic E-state index is 13.7. The van der Waals surface area contributed by atoms with E-state index in [0.717, 1.165) is 0 Å². The normalized spacial score (nSPS) is 19.7. The van der Waals surface area contributed by atoms with Gasteiger partial charge in [-0.25, -0.2) is 0 Å². The smallest absolute Gasteiger partial charge is 0.386 e. The number of rotatable bonds is 3. The van der Waals surface area contributed by atoms with E-state index in [-0.39, 0.29) is 22.9 Å². The molecule has 1 heterocycles. The lowest BCUT2D eigenvalue weighted by Gasteiger charge is -2.32. The molecule has 3 aromatic carbocycles. The Balaban J connectivity index is 1.86. The third kappa shape index (κ3) is 5.29. The predicted octanol–water partition coefficient (Wildman–Crippen LogP) is 8.36. The molecule has 0 aliphatic carbocycles. The zero-order valence-corrected chi connectivity index (χ0v) is 20.8. The van der Waals surface area contributed by atoms with E-state index in [4.69, 9.17) is 71.6 Å². The average molecular weight is 570 g/mol. The Morgan fingerprint density at radius 1 is 0.879 bits per heavy atom. The van der Waals surface area contributed by atoms with Gasteiger partial charge in [-0.2, -0.15) is 4.57 Å². The maximum atomic E-state index is 13.7. The van der Waals surface area contributed by atoms with E-state index in [9.17, 15) is 14.7 Å². The molecule has 0 amide bonds. The van der Waals surface area contributed by atoms with Crippen molar-refractivity contribution >= 4 is 71.5 Å². The number of phosphoric ester groups is 1. The molecule has 0 saturated heterocycles. The first-order valence-corrected chi connectivity index (χ1v) is 12.4. The summed E-state index contributed by atoms with van der Waals surface area (Å²) in [6.07, 6.45) is 0. The van der Waals surface area contributed by atoms with Gasteiger partial charge in [-0.05, 0) is 48.5 Å². The van der Waals surface area contributed by atoms with Crippen LogP contribution in [0.1, 0.15) is 17.0 Å². The van der Waals surface area contributed by atoms with Crippen LogP contribution in [0.15, 0.2) is 60.7 Å². The van der Waals surface area contributed by atoms with Crippen molar-refractivity contribution in [3.63, 3.8) is 0 Å². The Hall–Kier alpha value is -1.86. The molecule has 0 radical (unpaired) electrons. The topological polar surface area (TPSA) is 87.9 Å². The molecule has 0 N–H and O–H groups in total. The minimum atomic E-state index is -4.40. The number of phosphoric acid groups is 1. The Morgan fingerprint density at radius 2 is 1.36 bits per heavy atom. The van der Waals surface area contributed by atoms with Crippen molar-refractivity contribution < 1.29 is 23.1 Å². The highest BCUT2D eigenvalue weighted by Gasteiger charge is 2.45. The molecule has 172 valence electrons. The Bertz CT molecular complexity index is 1220. The van der Waals surface area contributed by atoms with Crippen LogP contribution in [0.2, 0.25) is 10.0 Å². The molecule has 0 aromatic heterocycles. The van der Waals surface area contributed by atoms with E-state index in [2.05, 4.69) is 0 Å². The molecule has 1 aliphatic rings. The van der Waals surface area contributed by atoms with Crippen molar-refractivity contribution in [1.29, 1.82) is 0 Å². The number of fused-ring (bicyclic) bond motifs is 2. The highest BCUT2D eigenvalue weighted by atomic mass is 35.6. The number of nitro benzene ring substituents is 1. The van der Waals surface area contributed by atoms with Gasteiger partial charge in [0, 0.05) is 33.3 Å². The van der Waals surface area contributed by atoms with Gasteiger partial charge in [-0.15, -0.1) is 0 Å². The second-order valence-corrected chi connectivity index (χ2v) is 11.5. The summed E-state index contributed by atoms with van der Waals surface area (Å²) in [4.78, 5) is 10.3. The van der Waals surface area contributed by atoms with Crippen molar-refractivity contribution in [2.24, 2.45) is 0 Å². The molecule has 1 aliphatic heterocycles. The van der Waals surface area contributed by atoms with Gasteiger partial charge in [-0.1, -0.05) is 58.0 Å². The van der Waals surface area contributed by atoms with Crippen LogP contribution >= 0.6 is 65.8 Å². The van der Waals surface area contributed by atoms with Gasteiger partial charge in [0.05, 0.1) is 10.8 Å². The monoisotopic (exact) mass is 567 g/mol. The van der Waals surface area contributed by atoms with E-state index < -0.39 is 22.5 Å². The first-order valence-electron chi connectivity index (χ1n) is 9.04. The molecule has 3 aromatic rings. The van der Waals surface area contributed by atoms with Crippen molar-refractivity contribution in [3.05, 3.63) is 92.0 Å². The Labute approximate surface area is 212 Å². The molecular formula is C20H11Cl5NO6P. The zero-order chi connectivity index (χ0) is 24.0. The number of nitro groups is 1. The largest absolute Gasteiger partial charge is 0.647 e. The standard InChI is InChI=1S/C20H11Cl5NO6P/c21-11-1-7-17-15(9-11)19(20(23,24)25)16-10-12(22)2-8-18(16)32-33(29,31-17)30-14-5-3-13(4-6-14)26(27)28/h1-10,19H. The predicted molar refractivity (Wildman–Crippen MR) is 128 cm³/mol. The van der Waals surface area contributed by atoms with Crippen LogP contribution in [-0.2, 0) is 4.57 Å². The fourth-order valence-corrected chi connectivity index (χ4v) is 5.60. The van der Waals surface area contributed by atoms with Crippen LogP contribution in [-0.4, -0.2) is 8.72 Å². The number of hydrogen-bond acceptors (Lipinski definition) is 6. The van der Waals surface area contributed by atoms with Crippen LogP contribution < -0.4 is 13.6 Å². The number of hydrogen-bond donors (Lipinski definition) is 0. The first-order chi connectivity index (χ1) is 15.4. The fraction of sp³-hybridized carbons (Fsp3) is 0.100. The van der Waals surface area contributed by atoms with Gasteiger partial charge in [0.15, 0.2) is 0 Å². The molecule has 0 fully saturated rings. The molecule has 13 heteroatoms. The Kier molecular flexibility index (Phi) is 6.67. The summed E-state index contributed by atoms with van der Waals surface area (Å²) in [5.41, 5.74) is 0.439. The summed E-state index contributed by atoms with van der Waals surface area (Å²) in [5, 5.41) is 11.5. The van der Waals surface area contributed by atoms with E-state index >= 15 is 0 Å². The maximum Gasteiger partial charge on any atom is 0.647 e. The highest BCUT2D eigenvalue weighted by molar-refractivity contribution is 7.49. The third-order valence-corrected chi connectivity index (χ3v) is 6.98. The second kappa shape index (κ2) is 9.06. The van der Waals surface area contributed by atoms with Crippen LogP contribution in [0.5, 0.6) is 17.2 Å². The summed E-state index contributed by atoms with van der Waals surface area (Å²) >= 11 is 31.3. The minimum Gasteiger partial charge on any atom is -0.386 e. The lowest BCUT2D eigenvalue weighted by molar-refractivity contribution is -0.384. The summed E-state index contributed by atoms with van der Waals surface area (Å²) in [5.74, 6) is -0.885. The van der Waals surface area contributed by atoms with E-state index in [1.54, 1.807) is 0 Å². The molecule has 33 heavy (non-hydrogen) atoms. The van der Waals surface area contributed by atoms with Gasteiger partial charge < -0.3 is 13.6 Å². The molecule has 4 rings (SSSR count). The third-order valence-electron chi connectivity index (χ3n) is 4.58. The van der Waals surface area contributed by atoms with Gasteiger partial charge in [0.1, 0.15) is 17.2 Å². The van der Waals surface area contributed by atoms with Gasteiger partial charge >= 0.3 is 7.82 Å². The quantitative estimate of drug-likeness (QED) is 0.136. The lowest BCUT2D eigenvalue weighted by Crippen LogP contribution is -2.23. The molecule has 0 spiro atoms. The highest BCUT2D eigenvalue weighted by Crippen LogP contribution is 2.59. The second-order valence-electron chi connectivity index (χ2n) is 6.81. The fourth-order valence-electron chi connectivity index (χ4n) is 3.23. The molecule has 7 nitrogen and oxygen atoms in total. The van der Waals surface area contributed by atoms with Crippen LogP contribution in [0.3, 0.4) is 0 Å². The van der Waals surface area contributed by atoms with E-state index in [1.807, 2.05) is 0 Å². The SMILES string of the molecule is O=[N+]([O-])c1ccc(OP2(=O)Oc3ccc(Cl)cc3C(C(Cl)(Cl)Cl)c3cc(Cl)ccc3O2)cc1. The van der Waals surface area contributed by atoms with Gasteiger partial charge in [-0.3, -0.25) is 10.1 Å². The van der Waals surface area contributed by atoms with Crippen molar-refractivity contribution in [2.75, 3.05) is 0 Å². The Morgan fingerprint density at radius 3 is 1.79 bits per heavy atom. The number of benzene rings is 3. The summed E-state index contributed by atoms with van der Waals surface area (Å²) in [6.45, 7) is 0. The zero-order valence-electron chi connectivity index (χ0n) is 16.1. The van der Waals surface area contributed by atoms with Gasteiger partial charge in [0.2, 0.25) is 3.79 Å². The molecular weight excluding hydrogens is 558 g/mol. The molecule has 0 bridgehead atoms. The van der Waals surface area contributed by atoms with Crippen LogP contribution in [0.25, 0.3) is 0 Å². The van der Waals surface area contributed by atoms with E-state index in [1.165, 1.54) is 60.7 Å². The minimum absolute atomic E-state index is 0.00783. The molecule has 0 unspecified atom stereocenters.